The van der Waals surface area contributed by atoms with Crippen molar-refractivity contribution in [2.75, 3.05) is 26.2 Å². The van der Waals surface area contributed by atoms with Crippen LogP contribution < -0.4 is 14.8 Å². The molecule has 1 fully saturated rings. The van der Waals surface area contributed by atoms with Crippen LogP contribution in [0.25, 0.3) is 0 Å². The van der Waals surface area contributed by atoms with Gasteiger partial charge < -0.3 is 19.7 Å². The molecule has 2 aromatic carbocycles. The molecule has 33 heavy (non-hydrogen) atoms. The van der Waals surface area contributed by atoms with Gasteiger partial charge in [0.25, 0.3) is 0 Å². The van der Waals surface area contributed by atoms with Gasteiger partial charge in [0.2, 0.25) is 11.7 Å². The first-order chi connectivity index (χ1) is 16.0. The van der Waals surface area contributed by atoms with Crippen molar-refractivity contribution in [3.63, 3.8) is 0 Å². The Kier molecular flexibility index (Phi) is 7.45. The first-order valence-electron chi connectivity index (χ1n) is 11.7. The molecule has 6 nitrogen and oxygen atoms in total. The second kappa shape index (κ2) is 10.7. The van der Waals surface area contributed by atoms with E-state index < -0.39 is 0 Å². The molecule has 0 bridgehead atoms. The van der Waals surface area contributed by atoms with E-state index in [0.717, 1.165) is 50.0 Å². The van der Waals surface area contributed by atoms with Crippen molar-refractivity contribution in [2.24, 2.45) is 0 Å². The maximum atomic E-state index is 12.6. The maximum Gasteiger partial charge on any atom is 0.235 e. The Morgan fingerprint density at radius 3 is 2.58 bits per heavy atom. The van der Waals surface area contributed by atoms with Gasteiger partial charge >= 0.3 is 0 Å². The number of carbonyl (C=O) groups excluding carboxylic acids is 2. The highest BCUT2D eigenvalue weighted by Gasteiger charge is 2.31. The number of rotatable bonds is 8. The molecule has 1 N–H and O–H groups in total. The molecule has 0 aromatic heterocycles. The van der Waals surface area contributed by atoms with Crippen molar-refractivity contribution in [3.8, 4) is 11.5 Å². The number of amides is 1. The van der Waals surface area contributed by atoms with Crippen LogP contribution >= 0.6 is 0 Å². The van der Waals surface area contributed by atoms with E-state index >= 15 is 0 Å². The van der Waals surface area contributed by atoms with Crippen molar-refractivity contribution < 1.29 is 19.1 Å². The monoisotopic (exact) mass is 448 g/mol. The number of ether oxygens (including phenoxy) is 2. The number of benzene rings is 2. The van der Waals surface area contributed by atoms with Gasteiger partial charge in [-0.2, -0.15) is 0 Å². The molecule has 0 saturated carbocycles. The molecule has 0 aliphatic carbocycles. The summed E-state index contributed by atoms with van der Waals surface area (Å²) in [6.45, 7) is 7.15. The number of ketones is 1. The zero-order valence-electron chi connectivity index (χ0n) is 19.4. The molecular weight excluding hydrogens is 416 g/mol. The Balaban J connectivity index is 1.17. The number of hydrogen-bond acceptors (Lipinski definition) is 5. The van der Waals surface area contributed by atoms with Crippen molar-refractivity contribution in [1.82, 2.24) is 10.2 Å². The third-order valence-electron chi connectivity index (χ3n) is 6.12. The van der Waals surface area contributed by atoms with Gasteiger partial charge in [0.05, 0.1) is 13.0 Å². The van der Waals surface area contributed by atoms with Crippen LogP contribution in [0, 0.1) is 0 Å². The second-order valence-electron chi connectivity index (χ2n) is 8.94. The van der Waals surface area contributed by atoms with Crippen molar-refractivity contribution in [3.05, 3.63) is 71.0 Å². The average molecular weight is 449 g/mol. The molecule has 174 valence electrons. The third-order valence-corrected chi connectivity index (χ3v) is 6.12. The van der Waals surface area contributed by atoms with E-state index in [1.165, 1.54) is 0 Å². The predicted molar refractivity (Wildman–Crippen MR) is 128 cm³/mol. The topological polar surface area (TPSA) is 67.9 Å². The minimum Gasteiger partial charge on any atom is -0.493 e. The predicted octanol–water partition coefficient (Wildman–Crippen LogP) is 4.15. The van der Waals surface area contributed by atoms with Gasteiger partial charge in [-0.1, -0.05) is 36.4 Å². The average Bonchev–Trinajstić information content (AvgIpc) is 3.16. The fourth-order valence-corrected chi connectivity index (χ4v) is 4.37. The second-order valence-corrected chi connectivity index (χ2v) is 8.94. The summed E-state index contributed by atoms with van der Waals surface area (Å²) in [5.41, 5.74) is 2.43. The van der Waals surface area contributed by atoms with Gasteiger partial charge in [-0.05, 0) is 56.4 Å². The van der Waals surface area contributed by atoms with Crippen molar-refractivity contribution in [2.45, 2.75) is 45.6 Å². The van der Waals surface area contributed by atoms with E-state index in [0.29, 0.717) is 35.8 Å². The summed E-state index contributed by atoms with van der Waals surface area (Å²) < 4.78 is 11.7. The highest BCUT2D eigenvalue weighted by molar-refractivity contribution is 6.14. The first-order valence-corrected chi connectivity index (χ1v) is 11.7. The summed E-state index contributed by atoms with van der Waals surface area (Å²) >= 11 is 0. The first kappa shape index (κ1) is 23.1. The number of likely N-dealkylation sites (tertiary alicyclic amines) is 1. The van der Waals surface area contributed by atoms with Crippen LogP contribution in [-0.4, -0.2) is 48.9 Å². The smallest absolute Gasteiger partial charge is 0.235 e. The molecule has 2 aliphatic rings. The molecule has 0 unspecified atom stereocenters. The zero-order chi connectivity index (χ0) is 23.2. The molecule has 0 atom stereocenters. The maximum absolute atomic E-state index is 12.6. The largest absolute Gasteiger partial charge is 0.493 e. The summed E-state index contributed by atoms with van der Waals surface area (Å²) in [4.78, 5) is 27.4. The van der Waals surface area contributed by atoms with E-state index in [9.17, 15) is 9.59 Å². The quantitative estimate of drug-likeness (QED) is 0.485. The van der Waals surface area contributed by atoms with Crippen molar-refractivity contribution >= 4 is 11.7 Å². The summed E-state index contributed by atoms with van der Waals surface area (Å²) in [6.07, 6.45) is 3.24. The van der Waals surface area contributed by atoms with Crippen LogP contribution in [0.1, 0.15) is 49.0 Å². The number of nitrogens with zero attached hydrogens (tertiary/aromatic N) is 1. The Labute approximate surface area is 195 Å². The molecule has 0 radical (unpaired) electrons. The minimum absolute atomic E-state index is 0.0956. The van der Waals surface area contributed by atoms with Crippen LogP contribution in [0.5, 0.6) is 11.5 Å². The molecule has 2 heterocycles. The molecule has 1 saturated heterocycles. The lowest BCUT2D eigenvalue weighted by Crippen LogP contribution is -2.45. The van der Waals surface area contributed by atoms with Gasteiger partial charge in [-0.25, -0.2) is 0 Å². The van der Waals surface area contributed by atoms with Crippen LogP contribution in [-0.2, 0) is 11.2 Å². The summed E-state index contributed by atoms with van der Waals surface area (Å²) in [6, 6.07) is 15.6. The van der Waals surface area contributed by atoms with Gasteiger partial charge in [0, 0.05) is 25.7 Å². The molecule has 0 spiro atoms. The van der Waals surface area contributed by atoms with E-state index in [2.05, 4.69) is 10.2 Å². The van der Waals surface area contributed by atoms with Gasteiger partial charge in [-0.3, -0.25) is 9.59 Å². The number of Topliss-reactive ketones (excluding diaryl/α,β-unsaturated/α-hetero) is 1. The van der Waals surface area contributed by atoms with Gasteiger partial charge in [0.1, 0.15) is 17.1 Å². The Hall–Kier alpha value is -3.12. The Morgan fingerprint density at radius 1 is 1.09 bits per heavy atom. The van der Waals surface area contributed by atoms with E-state index in [-0.39, 0.29) is 17.7 Å². The summed E-state index contributed by atoms with van der Waals surface area (Å²) in [5, 5.41) is 3.18. The molecule has 6 heteroatoms. The fraction of sp³-hybridized carbons (Fsp3) is 0.407. The standard InChI is InChI=1S/C27H32N2O4/c1-19(2)27-26(31)25-22(10-6-11-23(25)33-27)32-17-7-14-29-15-12-21(13-16-29)28-24(30)18-20-8-4-3-5-9-20/h3-6,8-11,21H,7,12-18H2,1-2H3,(H,28,30). The lowest BCUT2D eigenvalue weighted by atomic mass is 10.0. The number of fused-ring (bicyclic) bond motifs is 1. The molecule has 1 amide bonds. The number of carbonyl (C=O) groups is 2. The SMILES string of the molecule is CC(C)=C1Oc2cccc(OCCCN3CCC(NC(=O)Cc4ccccc4)CC3)c2C1=O. The van der Waals surface area contributed by atoms with Crippen molar-refractivity contribution in [1.29, 1.82) is 0 Å². The third kappa shape index (κ3) is 5.82. The summed E-state index contributed by atoms with van der Waals surface area (Å²) in [7, 11) is 0. The molecule has 2 aliphatic heterocycles. The molecule has 4 rings (SSSR count). The number of allylic oxidation sites excluding steroid dienone is 2. The van der Waals surface area contributed by atoms with Crippen LogP contribution in [0.2, 0.25) is 0 Å². The molecule has 2 aromatic rings. The normalized spacial score (nSPS) is 16.3. The highest BCUT2D eigenvalue weighted by atomic mass is 16.5. The van der Waals surface area contributed by atoms with E-state index in [4.69, 9.17) is 9.47 Å². The summed E-state index contributed by atoms with van der Waals surface area (Å²) in [5.74, 6) is 1.56. The minimum atomic E-state index is -0.100. The zero-order valence-corrected chi connectivity index (χ0v) is 19.4. The van der Waals surface area contributed by atoms with Gasteiger partial charge in [-0.15, -0.1) is 0 Å². The van der Waals surface area contributed by atoms with Gasteiger partial charge in [0.15, 0.2) is 5.76 Å². The van der Waals surface area contributed by atoms with Crippen LogP contribution in [0.3, 0.4) is 0 Å². The number of nitrogens with one attached hydrogen (secondary N) is 1. The van der Waals surface area contributed by atoms with Crippen LogP contribution in [0.15, 0.2) is 59.9 Å². The lowest BCUT2D eigenvalue weighted by Gasteiger charge is -2.32. The number of hydrogen-bond donors (Lipinski definition) is 1. The Morgan fingerprint density at radius 2 is 1.85 bits per heavy atom. The van der Waals surface area contributed by atoms with Crippen LogP contribution in [0.4, 0.5) is 0 Å². The number of piperidine rings is 1. The fourth-order valence-electron chi connectivity index (χ4n) is 4.37. The highest BCUT2D eigenvalue weighted by Crippen LogP contribution is 2.38. The van der Waals surface area contributed by atoms with E-state index in [1.807, 2.05) is 56.3 Å². The Bertz CT molecular complexity index is 1020. The lowest BCUT2D eigenvalue weighted by molar-refractivity contribution is -0.121. The molecular formula is C27H32N2O4. The van der Waals surface area contributed by atoms with E-state index in [1.54, 1.807) is 6.07 Å².